The average Bonchev–Trinajstić information content (AvgIpc) is 2.35. The third-order valence-corrected chi connectivity index (χ3v) is 3.22. The lowest BCUT2D eigenvalue weighted by molar-refractivity contribution is 0.0596. The van der Waals surface area contributed by atoms with Gasteiger partial charge in [-0.3, -0.25) is 4.18 Å². The Kier molecular flexibility index (Phi) is 5.79. The molecule has 0 unspecified atom stereocenters. The Balaban J connectivity index is 3.06. The van der Waals surface area contributed by atoms with E-state index in [9.17, 15) is 13.2 Å². The zero-order chi connectivity index (χ0) is 15.3. The second-order valence-electron chi connectivity index (χ2n) is 3.91. The first-order valence-electron chi connectivity index (χ1n) is 5.57. The van der Waals surface area contributed by atoms with E-state index in [1.54, 1.807) is 6.07 Å². The Morgan fingerprint density at radius 3 is 2.45 bits per heavy atom. The summed E-state index contributed by atoms with van der Waals surface area (Å²) in [7, 11) is -0.876. The van der Waals surface area contributed by atoms with Gasteiger partial charge < -0.3 is 9.47 Å². The smallest absolute Gasteiger partial charge is 0.341 e. The first kappa shape index (κ1) is 16.7. The van der Waals surface area contributed by atoms with Gasteiger partial charge in [0, 0.05) is 11.4 Å². The minimum atomic E-state index is -3.52. The van der Waals surface area contributed by atoms with Crippen molar-refractivity contribution >= 4 is 27.7 Å². The number of carbonyl (C=O) groups excluding carboxylic acids is 1. The molecular formula is C12H15ClO6S. The number of hydrogen-bond donors (Lipinski definition) is 0. The maximum atomic E-state index is 11.6. The second kappa shape index (κ2) is 6.92. The molecule has 112 valence electrons. The van der Waals surface area contributed by atoms with Crippen LogP contribution in [0.25, 0.3) is 0 Å². The third kappa shape index (κ3) is 4.66. The van der Waals surface area contributed by atoms with Crippen LogP contribution in [0.1, 0.15) is 15.9 Å². The number of hydrogen-bond acceptors (Lipinski definition) is 6. The lowest BCUT2D eigenvalue weighted by Crippen LogP contribution is -2.10. The van der Waals surface area contributed by atoms with E-state index in [1.165, 1.54) is 20.3 Å². The Morgan fingerprint density at radius 2 is 1.95 bits per heavy atom. The molecule has 1 aromatic rings. The molecule has 20 heavy (non-hydrogen) atoms. The van der Waals surface area contributed by atoms with Gasteiger partial charge in [0.2, 0.25) is 0 Å². The Labute approximate surface area is 122 Å². The summed E-state index contributed by atoms with van der Waals surface area (Å²) in [5.74, 6) is -0.298. The molecule has 0 fully saturated rings. The van der Waals surface area contributed by atoms with Gasteiger partial charge in [-0.25, -0.2) is 4.79 Å². The van der Waals surface area contributed by atoms with E-state index in [0.29, 0.717) is 16.3 Å². The Hall–Kier alpha value is -1.31. The topological polar surface area (TPSA) is 78.9 Å². The van der Waals surface area contributed by atoms with Crippen LogP contribution in [0.15, 0.2) is 12.1 Å². The highest BCUT2D eigenvalue weighted by molar-refractivity contribution is 7.85. The molecule has 0 atom stereocenters. The molecule has 0 saturated carbocycles. The summed E-state index contributed by atoms with van der Waals surface area (Å²) in [6, 6.07) is 3.01. The molecule has 1 aromatic carbocycles. The van der Waals surface area contributed by atoms with E-state index in [4.69, 9.17) is 16.3 Å². The van der Waals surface area contributed by atoms with Crippen LogP contribution in [0.2, 0.25) is 5.02 Å². The zero-order valence-corrected chi connectivity index (χ0v) is 12.9. The standard InChI is InChI=1S/C12H15ClO6S/c1-17-11-8(4-5-19-20(3,15)16)6-9(13)7-10(11)12(14)18-2/h6-7H,4-5H2,1-3H3. The number of ether oxygens (including phenoxy) is 2. The van der Waals surface area contributed by atoms with E-state index < -0.39 is 16.1 Å². The van der Waals surface area contributed by atoms with Crippen molar-refractivity contribution in [3.63, 3.8) is 0 Å². The molecule has 0 heterocycles. The Morgan fingerprint density at radius 1 is 1.30 bits per heavy atom. The molecular weight excluding hydrogens is 308 g/mol. The molecule has 0 aliphatic carbocycles. The first-order valence-corrected chi connectivity index (χ1v) is 7.77. The SMILES string of the molecule is COC(=O)c1cc(Cl)cc(CCOS(C)(=O)=O)c1OC. The van der Waals surface area contributed by atoms with Crippen molar-refractivity contribution in [1.29, 1.82) is 0 Å². The number of rotatable bonds is 6. The van der Waals surface area contributed by atoms with E-state index in [2.05, 4.69) is 8.92 Å². The van der Waals surface area contributed by atoms with Gasteiger partial charge in [-0.05, 0) is 17.7 Å². The maximum Gasteiger partial charge on any atom is 0.341 e. The monoisotopic (exact) mass is 322 g/mol. The quantitative estimate of drug-likeness (QED) is 0.585. The maximum absolute atomic E-state index is 11.6. The largest absolute Gasteiger partial charge is 0.496 e. The first-order chi connectivity index (χ1) is 9.28. The molecule has 0 saturated heterocycles. The van der Waals surface area contributed by atoms with Crippen molar-refractivity contribution in [1.82, 2.24) is 0 Å². The predicted octanol–water partition coefficient (Wildman–Crippen LogP) is 1.65. The summed E-state index contributed by atoms with van der Waals surface area (Å²) < 4.78 is 36.3. The number of carbonyl (C=O) groups is 1. The van der Waals surface area contributed by atoms with E-state index >= 15 is 0 Å². The fourth-order valence-corrected chi connectivity index (χ4v) is 2.27. The van der Waals surface area contributed by atoms with Gasteiger partial charge in [0.15, 0.2) is 0 Å². The minimum Gasteiger partial charge on any atom is -0.496 e. The van der Waals surface area contributed by atoms with Gasteiger partial charge in [0.1, 0.15) is 11.3 Å². The average molecular weight is 323 g/mol. The third-order valence-electron chi connectivity index (χ3n) is 2.41. The van der Waals surface area contributed by atoms with Crippen LogP contribution in [0.4, 0.5) is 0 Å². The van der Waals surface area contributed by atoms with E-state index in [1.807, 2.05) is 0 Å². The number of esters is 1. The molecule has 0 spiro atoms. The van der Waals surface area contributed by atoms with Crippen LogP contribution in [0, 0.1) is 0 Å². The van der Waals surface area contributed by atoms with Gasteiger partial charge in [0.25, 0.3) is 10.1 Å². The summed E-state index contributed by atoms with van der Waals surface area (Å²) in [4.78, 5) is 11.6. The van der Waals surface area contributed by atoms with Crippen molar-refractivity contribution < 1.29 is 26.9 Å². The Bertz CT molecular complexity index is 596. The molecule has 0 amide bonds. The van der Waals surface area contributed by atoms with Crippen LogP contribution in [0.3, 0.4) is 0 Å². The van der Waals surface area contributed by atoms with Crippen LogP contribution in [0.5, 0.6) is 5.75 Å². The summed E-state index contributed by atoms with van der Waals surface area (Å²) in [6.45, 7) is -0.0733. The summed E-state index contributed by atoms with van der Waals surface area (Å²) in [5, 5.41) is 0.320. The van der Waals surface area contributed by atoms with Crippen molar-refractivity contribution in [3.8, 4) is 5.75 Å². The van der Waals surface area contributed by atoms with Crippen LogP contribution in [-0.2, 0) is 25.5 Å². The van der Waals surface area contributed by atoms with Crippen molar-refractivity contribution in [2.75, 3.05) is 27.1 Å². The van der Waals surface area contributed by atoms with Gasteiger partial charge in [-0.1, -0.05) is 11.6 Å². The fraction of sp³-hybridized carbons (Fsp3) is 0.417. The molecule has 6 nitrogen and oxygen atoms in total. The minimum absolute atomic E-state index is 0.0733. The highest BCUT2D eigenvalue weighted by Crippen LogP contribution is 2.29. The highest BCUT2D eigenvalue weighted by atomic mass is 35.5. The molecule has 0 aliphatic heterocycles. The fourth-order valence-electron chi connectivity index (χ4n) is 1.64. The molecule has 0 radical (unpaired) electrons. The van der Waals surface area contributed by atoms with Crippen LogP contribution in [-0.4, -0.2) is 41.5 Å². The van der Waals surface area contributed by atoms with Crippen LogP contribution >= 0.6 is 11.6 Å². The molecule has 1 rings (SSSR count). The van der Waals surface area contributed by atoms with Gasteiger partial charge in [-0.15, -0.1) is 0 Å². The zero-order valence-electron chi connectivity index (χ0n) is 11.3. The molecule has 0 bridgehead atoms. The predicted molar refractivity (Wildman–Crippen MR) is 73.8 cm³/mol. The second-order valence-corrected chi connectivity index (χ2v) is 5.99. The van der Waals surface area contributed by atoms with Crippen molar-refractivity contribution in [2.24, 2.45) is 0 Å². The lowest BCUT2D eigenvalue weighted by Gasteiger charge is -2.13. The summed E-state index contributed by atoms with van der Waals surface area (Å²) in [6.07, 6.45) is 1.18. The number of benzene rings is 1. The number of halogens is 1. The van der Waals surface area contributed by atoms with Gasteiger partial charge >= 0.3 is 5.97 Å². The van der Waals surface area contributed by atoms with Gasteiger partial charge in [-0.2, -0.15) is 8.42 Å². The van der Waals surface area contributed by atoms with E-state index in [-0.39, 0.29) is 18.6 Å². The lowest BCUT2D eigenvalue weighted by atomic mass is 10.1. The summed E-state index contributed by atoms with van der Waals surface area (Å²) in [5.41, 5.74) is 0.737. The molecule has 0 N–H and O–H groups in total. The number of methoxy groups -OCH3 is 2. The van der Waals surface area contributed by atoms with Crippen LogP contribution < -0.4 is 4.74 Å². The molecule has 0 aromatic heterocycles. The highest BCUT2D eigenvalue weighted by Gasteiger charge is 2.18. The normalized spacial score (nSPS) is 11.2. The van der Waals surface area contributed by atoms with Crippen molar-refractivity contribution in [2.45, 2.75) is 6.42 Å². The van der Waals surface area contributed by atoms with Gasteiger partial charge in [0.05, 0.1) is 27.1 Å². The van der Waals surface area contributed by atoms with Crippen molar-refractivity contribution in [3.05, 3.63) is 28.3 Å². The summed E-state index contributed by atoms with van der Waals surface area (Å²) >= 11 is 5.93. The molecule has 8 heteroatoms. The molecule has 0 aliphatic rings. The van der Waals surface area contributed by atoms with E-state index in [0.717, 1.165) is 6.26 Å².